The molecule has 0 saturated heterocycles. The average Bonchev–Trinajstić information content (AvgIpc) is 2.41. The predicted octanol–water partition coefficient (Wildman–Crippen LogP) is 1.83. The van der Waals surface area contributed by atoms with E-state index < -0.39 is 17.7 Å². The van der Waals surface area contributed by atoms with Crippen molar-refractivity contribution in [3.05, 3.63) is 0 Å². The summed E-state index contributed by atoms with van der Waals surface area (Å²) in [6.07, 6.45) is -0.567. The maximum atomic E-state index is 13.7. The maximum Gasteiger partial charge on any atom is 0.343 e. The molecule has 0 aromatic carbocycles. The fourth-order valence-electron chi connectivity index (χ4n) is 2.21. The molecule has 4 heteroatoms. The molecule has 2 unspecified atom stereocenters. The fraction of sp³-hybridized carbons (Fsp3) is 0.909. The van der Waals surface area contributed by atoms with Gasteiger partial charge in [-0.25, -0.2) is 9.18 Å². The van der Waals surface area contributed by atoms with Gasteiger partial charge in [0.25, 0.3) is 0 Å². The molecule has 0 bridgehead atoms. The number of hydrogen-bond donors (Lipinski definition) is 1. The first kappa shape index (κ1) is 12.4. The van der Waals surface area contributed by atoms with Gasteiger partial charge in [-0.05, 0) is 31.6 Å². The van der Waals surface area contributed by atoms with E-state index in [1.165, 1.54) is 0 Å². The molecule has 1 fully saturated rings. The summed E-state index contributed by atoms with van der Waals surface area (Å²) in [6, 6.07) is 0. The fourth-order valence-corrected chi connectivity index (χ4v) is 2.21. The Kier molecular flexibility index (Phi) is 3.38. The Balaban J connectivity index is 2.67. The van der Waals surface area contributed by atoms with E-state index in [-0.39, 0.29) is 12.0 Å². The van der Waals surface area contributed by atoms with E-state index >= 15 is 0 Å². The predicted molar refractivity (Wildman–Crippen MR) is 54.1 cm³/mol. The second kappa shape index (κ2) is 4.08. The smallest absolute Gasteiger partial charge is 0.343 e. The summed E-state index contributed by atoms with van der Waals surface area (Å²) in [5.41, 5.74) is -1.64. The second-order valence-corrected chi connectivity index (χ2v) is 5.06. The van der Waals surface area contributed by atoms with Gasteiger partial charge >= 0.3 is 5.97 Å². The van der Waals surface area contributed by atoms with Gasteiger partial charge in [-0.2, -0.15) is 0 Å². The molecule has 1 aliphatic carbocycles. The van der Waals surface area contributed by atoms with Crippen molar-refractivity contribution in [2.24, 2.45) is 5.41 Å². The summed E-state index contributed by atoms with van der Waals surface area (Å²) in [5.74, 6) is -0.947. The van der Waals surface area contributed by atoms with Gasteiger partial charge in [0.1, 0.15) is 5.60 Å². The molecule has 1 rings (SSSR count). The van der Waals surface area contributed by atoms with Crippen LogP contribution in [0, 0.1) is 5.41 Å². The van der Waals surface area contributed by atoms with Crippen LogP contribution in [0.1, 0.15) is 40.0 Å². The number of hydrogen-bond acceptors (Lipinski definition) is 3. The van der Waals surface area contributed by atoms with Gasteiger partial charge in [-0.3, -0.25) is 0 Å². The van der Waals surface area contributed by atoms with Crippen molar-refractivity contribution in [3.8, 4) is 0 Å². The molecule has 0 aromatic heterocycles. The van der Waals surface area contributed by atoms with Crippen molar-refractivity contribution < 1.29 is 19.0 Å². The van der Waals surface area contributed by atoms with E-state index in [9.17, 15) is 14.3 Å². The quantitative estimate of drug-likeness (QED) is 0.735. The molecule has 88 valence electrons. The van der Waals surface area contributed by atoms with E-state index in [0.29, 0.717) is 12.8 Å². The van der Waals surface area contributed by atoms with Gasteiger partial charge in [0.05, 0.1) is 6.61 Å². The van der Waals surface area contributed by atoms with Crippen molar-refractivity contribution in [2.75, 3.05) is 6.61 Å². The van der Waals surface area contributed by atoms with Crippen molar-refractivity contribution in [1.82, 2.24) is 0 Å². The van der Waals surface area contributed by atoms with E-state index in [2.05, 4.69) is 4.74 Å². The average molecular weight is 218 g/mol. The van der Waals surface area contributed by atoms with Gasteiger partial charge in [-0.1, -0.05) is 13.8 Å². The monoisotopic (exact) mass is 218 g/mol. The Hall–Kier alpha value is -0.640. The van der Waals surface area contributed by atoms with Gasteiger partial charge in [-0.15, -0.1) is 0 Å². The van der Waals surface area contributed by atoms with Crippen LogP contribution in [0.15, 0.2) is 0 Å². The Morgan fingerprint density at radius 2 is 2.13 bits per heavy atom. The molecular weight excluding hydrogens is 199 g/mol. The lowest BCUT2D eigenvalue weighted by atomic mass is 9.87. The lowest BCUT2D eigenvalue weighted by Gasteiger charge is -2.27. The molecular formula is C11H19FO3. The van der Waals surface area contributed by atoms with Crippen molar-refractivity contribution in [2.45, 2.75) is 51.8 Å². The van der Waals surface area contributed by atoms with Crippen LogP contribution in [0.3, 0.4) is 0 Å². The van der Waals surface area contributed by atoms with Crippen molar-refractivity contribution in [1.29, 1.82) is 0 Å². The third kappa shape index (κ3) is 2.68. The highest BCUT2D eigenvalue weighted by atomic mass is 19.1. The number of rotatable bonds is 3. The summed E-state index contributed by atoms with van der Waals surface area (Å²) in [7, 11) is 0. The maximum absolute atomic E-state index is 13.7. The number of halogens is 1. The van der Waals surface area contributed by atoms with E-state index in [1.807, 2.05) is 13.8 Å². The van der Waals surface area contributed by atoms with Gasteiger partial charge < -0.3 is 9.84 Å². The van der Waals surface area contributed by atoms with Crippen LogP contribution >= 0.6 is 0 Å². The highest BCUT2D eigenvalue weighted by molar-refractivity contribution is 5.76. The van der Waals surface area contributed by atoms with Gasteiger partial charge in [0, 0.05) is 0 Å². The summed E-state index contributed by atoms with van der Waals surface area (Å²) in [5, 5.41) is 10.0. The largest absolute Gasteiger partial charge is 0.464 e. The van der Waals surface area contributed by atoms with Crippen LogP contribution in [0.2, 0.25) is 0 Å². The van der Waals surface area contributed by atoms with E-state index in [1.54, 1.807) is 6.92 Å². The number of ether oxygens (including phenoxy) is 1. The molecule has 1 saturated carbocycles. The van der Waals surface area contributed by atoms with Crippen LogP contribution in [0.5, 0.6) is 0 Å². The van der Waals surface area contributed by atoms with Crippen molar-refractivity contribution >= 4 is 5.97 Å². The molecule has 2 atom stereocenters. The first-order chi connectivity index (χ1) is 6.81. The highest BCUT2D eigenvalue weighted by Crippen LogP contribution is 2.46. The number of esters is 1. The van der Waals surface area contributed by atoms with Gasteiger partial charge in [0.15, 0.2) is 0 Å². The molecule has 0 aromatic rings. The molecule has 0 heterocycles. The minimum atomic E-state index is -1.92. The number of carbonyl (C=O) groups excluding carboxylic acids is 1. The molecule has 0 aliphatic heterocycles. The molecule has 1 N–H and O–H groups in total. The highest BCUT2D eigenvalue weighted by Gasteiger charge is 2.50. The summed E-state index contributed by atoms with van der Waals surface area (Å²) in [4.78, 5) is 11.2. The van der Waals surface area contributed by atoms with Crippen LogP contribution in [-0.2, 0) is 9.53 Å². The third-order valence-electron chi connectivity index (χ3n) is 2.98. The number of alkyl halides is 1. The lowest BCUT2D eigenvalue weighted by Crippen LogP contribution is -2.43. The molecule has 0 spiro atoms. The van der Waals surface area contributed by atoms with Crippen LogP contribution in [0.25, 0.3) is 0 Å². The van der Waals surface area contributed by atoms with E-state index in [0.717, 1.165) is 6.42 Å². The summed E-state index contributed by atoms with van der Waals surface area (Å²) in [6.45, 7) is 5.68. The van der Waals surface area contributed by atoms with Crippen LogP contribution in [-0.4, -0.2) is 29.5 Å². The molecule has 1 aliphatic rings. The molecule has 0 amide bonds. The topological polar surface area (TPSA) is 46.5 Å². The summed E-state index contributed by atoms with van der Waals surface area (Å²) >= 11 is 0. The first-order valence-corrected chi connectivity index (χ1v) is 5.34. The number of aliphatic hydroxyl groups is 1. The standard InChI is InChI=1S/C11H19FO3/c1-4-15-9(13)8(12)11(14)6-5-10(2,3)7-11/h8,14H,4-7H2,1-3H3. The van der Waals surface area contributed by atoms with Crippen LogP contribution in [0.4, 0.5) is 4.39 Å². The Morgan fingerprint density at radius 3 is 2.53 bits per heavy atom. The third-order valence-corrected chi connectivity index (χ3v) is 2.98. The SMILES string of the molecule is CCOC(=O)C(F)C1(O)CCC(C)(C)C1. The Bertz CT molecular complexity index is 252. The molecule has 0 radical (unpaired) electrons. The Morgan fingerprint density at radius 1 is 1.53 bits per heavy atom. The second-order valence-electron chi connectivity index (χ2n) is 5.06. The van der Waals surface area contributed by atoms with Crippen LogP contribution < -0.4 is 0 Å². The lowest BCUT2D eigenvalue weighted by molar-refractivity contribution is -0.160. The van der Waals surface area contributed by atoms with E-state index in [4.69, 9.17) is 0 Å². The minimum absolute atomic E-state index is 0.106. The summed E-state index contributed by atoms with van der Waals surface area (Å²) < 4.78 is 18.3. The minimum Gasteiger partial charge on any atom is -0.464 e. The zero-order valence-corrected chi connectivity index (χ0v) is 9.55. The first-order valence-electron chi connectivity index (χ1n) is 5.34. The molecule has 15 heavy (non-hydrogen) atoms. The Labute approximate surface area is 89.6 Å². The zero-order chi connectivity index (χ0) is 11.7. The van der Waals surface area contributed by atoms with Crippen molar-refractivity contribution in [3.63, 3.8) is 0 Å². The zero-order valence-electron chi connectivity index (χ0n) is 9.55. The normalized spacial score (nSPS) is 31.3. The van der Waals surface area contributed by atoms with Gasteiger partial charge in [0.2, 0.25) is 6.17 Å². The molecule has 3 nitrogen and oxygen atoms in total. The number of carbonyl (C=O) groups is 1.